The van der Waals surface area contributed by atoms with E-state index >= 15 is 0 Å². The van der Waals surface area contributed by atoms with E-state index in [2.05, 4.69) is 5.32 Å². The average Bonchev–Trinajstić information content (AvgIpc) is 2.55. The molecule has 1 heterocycles. The van der Waals surface area contributed by atoms with Crippen LogP contribution in [0.2, 0.25) is 0 Å². The molecule has 1 aliphatic heterocycles. The highest BCUT2D eigenvalue weighted by atomic mass is 19.2. The van der Waals surface area contributed by atoms with E-state index in [1.807, 2.05) is 0 Å². The molecule has 23 heavy (non-hydrogen) atoms. The Bertz CT molecular complexity index is 777. The second-order valence-corrected chi connectivity index (χ2v) is 5.24. The monoisotopic (exact) mass is 319 g/mol. The summed E-state index contributed by atoms with van der Waals surface area (Å²) in [4.78, 5) is 12.0. The van der Waals surface area contributed by atoms with Gasteiger partial charge in [-0.1, -0.05) is 12.1 Å². The van der Waals surface area contributed by atoms with Gasteiger partial charge in [0.1, 0.15) is 11.5 Å². The lowest BCUT2D eigenvalue weighted by Crippen LogP contribution is -2.25. The van der Waals surface area contributed by atoms with E-state index in [0.29, 0.717) is 22.7 Å². The van der Waals surface area contributed by atoms with E-state index in [9.17, 15) is 13.6 Å². The molecule has 3 rings (SSSR count). The molecule has 0 fully saturated rings. The van der Waals surface area contributed by atoms with Crippen molar-refractivity contribution in [3.63, 3.8) is 0 Å². The highest BCUT2D eigenvalue weighted by molar-refractivity contribution is 5.96. The van der Waals surface area contributed by atoms with Crippen molar-refractivity contribution in [1.29, 1.82) is 0 Å². The van der Waals surface area contributed by atoms with Crippen molar-refractivity contribution in [3.05, 3.63) is 53.1 Å². The van der Waals surface area contributed by atoms with E-state index in [1.165, 1.54) is 26.4 Å². The first kappa shape index (κ1) is 15.3. The van der Waals surface area contributed by atoms with Gasteiger partial charge in [0.05, 0.1) is 19.9 Å². The minimum atomic E-state index is -0.948. The normalized spacial score (nSPS) is 16.5. The zero-order chi connectivity index (χ0) is 16.6. The van der Waals surface area contributed by atoms with Crippen molar-refractivity contribution < 1.29 is 23.0 Å². The van der Waals surface area contributed by atoms with Crippen LogP contribution in [-0.2, 0) is 4.79 Å². The Morgan fingerprint density at radius 1 is 1.17 bits per heavy atom. The van der Waals surface area contributed by atoms with Gasteiger partial charge in [-0.2, -0.15) is 0 Å². The number of hydrogen-bond donors (Lipinski definition) is 1. The molecule has 0 bridgehead atoms. The van der Waals surface area contributed by atoms with Gasteiger partial charge in [-0.15, -0.1) is 0 Å². The fourth-order valence-electron chi connectivity index (χ4n) is 2.89. The quantitative estimate of drug-likeness (QED) is 0.942. The molecule has 0 unspecified atom stereocenters. The summed E-state index contributed by atoms with van der Waals surface area (Å²) in [5, 5.41) is 2.73. The molecule has 120 valence electrons. The lowest BCUT2D eigenvalue weighted by Gasteiger charge is -2.28. The number of nitrogens with one attached hydrogen (secondary N) is 1. The van der Waals surface area contributed by atoms with Crippen LogP contribution >= 0.6 is 0 Å². The molecule has 0 saturated carbocycles. The SMILES string of the molecule is COc1cc2c(c(OC)c1)[C@H](c1cccc(F)c1F)CC(=O)N2. The molecule has 6 heteroatoms. The highest BCUT2D eigenvalue weighted by Crippen LogP contribution is 2.45. The van der Waals surface area contributed by atoms with Crippen molar-refractivity contribution in [2.24, 2.45) is 0 Å². The molecule has 2 aromatic carbocycles. The molecule has 0 spiro atoms. The second kappa shape index (κ2) is 5.87. The second-order valence-electron chi connectivity index (χ2n) is 5.24. The van der Waals surface area contributed by atoms with Crippen molar-refractivity contribution in [3.8, 4) is 11.5 Å². The van der Waals surface area contributed by atoms with Gasteiger partial charge in [0, 0.05) is 30.0 Å². The van der Waals surface area contributed by atoms with Gasteiger partial charge in [0.15, 0.2) is 11.6 Å². The summed E-state index contributed by atoms with van der Waals surface area (Å²) in [5.41, 5.74) is 1.22. The van der Waals surface area contributed by atoms with Crippen molar-refractivity contribution >= 4 is 11.6 Å². The molecule has 1 atom stereocenters. The number of ether oxygens (including phenoxy) is 2. The number of carbonyl (C=O) groups excluding carboxylic acids is 1. The third kappa shape index (κ3) is 2.60. The first-order valence-corrected chi connectivity index (χ1v) is 7.04. The summed E-state index contributed by atoms with van der Waals surface area (Å²) in [6, 6.07) is 7.25. The van der Waals surface area contributed by atoms with Gasteiger partial charge in [0.25, 0.3) is 0 Å². The molecule has 0 aliphatic carbocycles. The minimum absolute atomic E-state index is 0.00998. The molecule has 1 aliphatic rings. The van der Waals surface area contributed by atoms with Crippen LogP contribution in [0, 0.1) is 11.6 Å². The summed E-state index contributed by atoms with van der Waals surface area (Å²) in [6.07, 6.45) is 0.00998. The first-order valence-electron chi connectivity index (χ1n) is 7.04. The Hall–Kier alpha value is -2.63. The molecular weight excluding hydrogens is 304 g/mol. The average molecular weight is 319 g/mol. The van der Waals surface area contributed by atoms with Crippen LogP contribution < -0.4 is 14.8 Å². The lowest BCUT2D eigenvalue weighted by molar-refractivity contribution is -0.116. The minimum Gasteiger partial charge on any atom is -0.497 e. The zero-order valence-corrected chi connectivity index (χ0v) is 12.7. The Balaban J connectivity index is 2.22. The van der Waals surface area contributed by atoms with E-state index in [1.54, 1.807) is 12.1 Å². The molecule has 0 radical (unpaired) electrons. The van der Waals surface area contributed by atoms with Crippen molar-refractivity contribution in [1.82, 2.24) is 0 Å². The third-order valence-corrected chi connectivity index (χ3v) is 3.94. The van der Waals surface area contributed by atoms with E-state index in [-0.39, 0.29) is 17.9 Å². The van der Waals surface area contributed by atoms with Crippen LogP contribution in [0.15, 0.2) is 30.3 Å². The smallest absolute Gasteiger partial charge is 0.225 e. The van der Waals surface area contributed by atoms with E-state index in [0.717, 1.165) is 6.07 Å². The highest BCUT2D eigenvalue weighted by Gasteiger charge is 2.32. The van der Waals surface area contributed by atoms with Crippen LogP contribution in [0.5, 0.6) is 11.5 Å². The Kier molecular flexibility index (Phi) is 3.90. The van der Waals surface area contributed by atoms with Crippen LogP contribution in [0.25, 0.3) is 0 Å². The fourth-order valence-corrected chi connectivity index (χ4v) is 2.89. The van der Waals surface area contributed by atoms with Crippen LogP contribution in [-0.4, -0.2) is 20.1 Å². The topological polar surface area (TPSA) is 47.6 Å². The van der Waals surface area contributed by atoms with Gasteiger partial charge in [-0.3, -0.25) is 4.79 Å². The molecule has 1 amide bonds. The standard InChI is InChI=1S/C17H15F2NO3/c1-22-9-6-13-16(14(7-9)23-2)11(8-15(21)20-13)10-4-3-5-12(18)17(10)19/h3-7,11H,8H2,1-2H3,(H,20,21)/t11-/m0/s1. The van der Waals surface area contributed by atoms with Gasteiger partial charge in [-0.25, -0.2) is 8.78 Å². The Morgan fingerprint density at radius 2 is 1.96 bits per heavy atom. The maximum atomic E-state index is 14.2. The zero-order valence-electron chi connectivity index (χ0n) is 12.7. The Morgan fingerprint density at radius 3 is 2.65 bits per heavy atom. The lowest BCUT2D eigenvalue weighted by atomic mass is 9.83. The van der Waals surface area contributed by atoms with E-state index in [4.69, 9.17) is 9.47 Å². The summed E-state index contributed by atoms with van der Waals surface area (Å²) in [6.45, 7) is 0. The van der Waals surface area contributed by atoms with Crippen molar-refractivity contribution in [2.45, 2.75) is 12.3 Å². The molecular formula is C17H15F2NO3. The number of carbonyl (C=O) groups is 1. The number of halogens is 2. The summed E-state index contributed by atoms with van der Waals surface area (Å²) < 4.78 is 38.3. The summed E-state index contributed by atoms with van der Waals surface area (Å²) >= 11 is 0. The van der Waals surface area contributed by atoms with Crippen LogP contribution in [0.1, 0.15) is 23.5 Å². The molecule has 1 N–H and O–H groups in total. The molecule has 2 aromatic rings. The predicted octanol–water partition coefficient (Wildman–Crippen LogP) is 3.46. The molecule has 0 saturated heterocycles. The molecule has 4 nitrogen and oxygen atoms in total. The first-order chi connectivity index (χ1) is 11.0. The van der Waals surface area contributed by atoms with Crippen molar-refractivity contribution in [2.75, 3.05) is 19.5 Å². The maximum Gasteiger partial charge on any atom is 0.225 e. The van der Waals surface area contributed by atoms with Gasteiger partial charge in [0.2, 0.25) is 5.91 Å². The van der Waals surface area contributed by atoms with Crippen LogP contribution in [0.3, 0.4) is 0 Å². The maximum absolute atomic E-state index is 14.2. The summed E-state index contributed by atoms with van der Waals surface area (Å²) in [7, 11) is 2.97. The number of rotatable bonds is 3. The number of fused-ring (bicyclic) bond motifs is 1. The number of methoxy groups -OCH3 is 2. The van der Waals surface area contributed by atoms with Gasteiger partial charge in [-0.05, 0) is 11.6 Å². The van der Waals surface area contributed by atoms with Gasteiger partial charge < -0.3 is 14.8 Å². The van der Waals surface area contributed by atoms with Crippen LogP contribution in [0.4, 0.5) is 14.5 Å². The fraction of sp³-hybridized carbons (Fsp3) is 0.235. The number of benzene rings is 2. The number of amides is 1. The number of hydrogen-bond acceptors (Lipinski definition) is 3. The van der Waals surface area contributed by atoms with E-state index < -0.39 is 17.6 Å². The molecule has 0 aromatic heterocycles. The largest absolute Gasteiger partial charge is 0.497 e. The summed E-state index contributed by atoms with van der Waals surface area (Å²) in [5.74, 6) is -1.84. The predicted molar refractivity (Wildman–Crippen MR) is 81.0 cm³/mol. The van der Waals surface area contributed by atoms with Gasteiger partial charge >= 0.3 is 0 Å². The number of anilines is 1. The third-order valence-electron chi connectivity index (χ3n) is 3.94. The Labute approximate surface area is 132 Å².